The third kappa shape index (κ3) is 3.33. The van der Waals surface area contributed by atoms with Gasteiger partial charge in [0.15, 0.2) is 0 Å². The van der Waals surface area contributed by atoms with Gasteiger partial charge in [-0.1, -0.05) is 0 Å². The van der Waals surface area contributed by atoms with Gasteiger partial charge >= 0.3 is 6.43 Å². The van der Waals surface area contributed by atoms with E-state index in [9.17, 15) is 23.2 Å². The van der Waals surface area contributed by atoms with Gasteiger partial charge in [0.25, 0.3) is 11.8 Å². The number of carbonyl (C=O) groups excluding carboxylic acids is 3. The first-order chi connectivity index (χ1) is 7.91. The highest BCUT2D eigenvalue weighted by atomic mass is 19.3. The molecule has 0 aliphatic carbocycles. The second kappa shape index (κ2) is 5.15. The molecular weight excluding hydrogens is 234 g/mol. The van der Waals surface area contributed by atoms with Crippen molar-refractivity contribution in [1.82, 2.24) is 5.32 Å². The van der Waals surface area contributed by atoms with Crippen LogP contribution < -0.4 is 11.1 Å². The lowest BCUT2D eigenvalue weighted by Crippen LogP contribution is -2.35. The number of alkyl halides is 2. The van der Waals surface area contributed by atoms with Crippen LogP contribution in [0.25, 0.3) is 0 Å². The van der Waals surface area contributed by atoms with Crippen molar-refractivity contribution < 1.29 is 23.2 Å². The smallest absolute Gasteiger partial charge is 0.315 e. The van der Waals surface area contributed by atoms with E-state index < -0.39 is 24.1 Å². The second-order valence-electron chi connectivity index (χ2n) is 3.06. The molecule has 0 atom stereocenters. The summed E-state index contributed by atoms with van der Waals surface area (Å²) in [6.07, 6.45) is -3.26. The number of carbonyl (C=O) groups is 3. The normalized spacial score (nSPS) is 10.1. The topological polar surface area (TPSA) is 89.3 Å². The van der Waals surface area contributed by atoms with Crippen molar-refractivity contribution in [3.8, 4) is 0 Å². The zero-order chi connectivity index (χ0) is 13.0. The Labute approximate surface area is 94.6 Å². The van der Waals surface area contributed by atoms with Crippen LogP contribution in [0.1, 0.15) is 20.7 Å². The molecule has 0 saturated carbocycles. The standard InChI is InChI=1S/C10H8F2N2O3/c11-7(12)10(17)14-9(16)6-3-1-5(2-4-6)8(13)15/h1-4,7H,(H2,13,15)(H,14,16,17). The van der Waals surface area contributed by atoms with E-state index in [1.54, 1.807) is 0 Å². The lowest BCUT2D eigenvalue weighted by Gasteiger charge is -2.03. The number of rotatable bonds is 3. The first-order valence-electron chi connectivity index (χ1n) is 4.45. The van der Waals surface area contributed by atoms with Gasteiger partial charge in [-0.3, -0.25) is 19.7 Å². The highest BCUT2D eigenvalue weighted by molar-refractivity contribution is 6.06. The number of imide groups is 1. The number of benzene rings is 1. The highest BCUT2D eigenvalue weighted by Gasteiger charge is 2.18. The second-order valence-corrected chi connectivity index (χ2v) is 3.06. The quantitative estimate of drug-likeness (QED) is 0.799. The Morgan fingerprint density at radius 3 is 1.94 bits per heavy atom. The van der Waals surface area contributed by atoms with Gasteiger partial charge in [-0.15, -0.1) is 0 Å². The van der Waals surface area contributed by atoms with Crippen molar-refractivity contribution in [2.75, 3.05) is 0 Å². The van der Waals surface area contributed by atoms with Gasteiger partial charge in [-0.2, -0.15) is 8.78 Å². The number of primary amides is 1. The van der Waals surface area contributed by atoms with Gasteiger partial charge in [0.1, 0.15) is 0 Å². The van der Waals surface area contributed by atoms with Crippen molar-refractivity contribution in [3.63, 3.8) is 0 Å². The van der Waals surface area contributed by atoms with Crippen LogP contribution in [0, 0.1) is 0 Å². The van der Waals surface area contributed by atoms with Gasteiger partial charge in [0.05, 0.1) is 0 Å². The summed E-state index contributed by atoms with van der Waals surface area (Å²) in [7, 11) is 0. The molecule has 0 aliphatic rings. The summed E-state index contributed by atoms with van der Waals surface area (Å²) in [6.45, 7) is 0. The molecule has 0 aliphatic heterocycles. The predicted molar refractivity (Wildman–Crippen MR) is 53.4 cm³/mol. The van der Waals surface area contributed by atoms with Crippen molar-refractivity contribution in [3.05, 3.63) is 35.4 Å². The van der Waals surface area contributed by atoms with Crippen LogP contribution in [0.3, 0.4) is 0 Å². The fraction of sp³-hybridized carbons (Fsp3) is 0.100. The molecule has 0 aromatic heterocycles. The van der Waals surface area contributed by atoms with Crippen LogP contribution in [0.5, 0.6) is 0 Å². The van der Waals surface area contributed by atoms with Gasteiger partial charge in [0, 0.05) is 11.1 Å². The number of nitrogens with two attached hydrogens (primary N) is 1. The summed E-state index contributed by atoms with van der Waals surface area (Å²) in [5.74, 6) is -3.32. The number of nitrogens with one attached hydrogen (secondary N) is 1. The molecule has 0 spiro atoms. The lowest BCUT2D eigenvalue weighted by atomic mass is 10.1. The summed E-state index contributed by atoms with van der Waals surface area (Å²) in [5, 5.41) is 1.50. The fourth-order valence-electron chi connectivity index (χ4n) is 1.02. The van der Waals surface area contributed by atoms with E-state index in [4.69, 9.17) is 5.73 Å². The van der Waals surface area contributed by atoms with Crippen LogP contribution in [0.15, 0.2) is 24.3 Å². The number of halogens is 2. The Morgan fingerprint density at radius 2 is 1.53 bits per heavy atom. The van der Waals surface area contributed by atoms with Gasteiger partial charge in [-0.25, -0.2) is 0 Å². The number of hydrogen-bond acceptors (Lipinski definition) is 3. The summed E-state index contributed by atoms with van der Waals surface area (Å²) < 4.78 is 23.7. The van der Waals surface area contributed by atoms with E-state index in [1.165, 1.54) is 29.6 Å². The van der Waals surface area contributed by atoms with Crippen LogP contribution in [0.2, 0.25) is 0 Å². The molecule has 0 heterocycles. The molecule has 7 heteroatoms. The van der Waals surface area contributed by atoms with Gasteiger partial charge in [-0.05, 0) is 24.3 Å². The average Bonchev–Trinajstić information content (AvgIpc) is 2.28. The molecule has 0 fully saturated rings. The molecule has 5 nitrogen and oxygen atoms in total. The third-order valence-electron chi connectivity index (χ3n) is 1.87. The zero-order valence-electron chi connectivity index (χ0n) is 8.44. The van der Waals surface area contributed by atoms with Crippen molar-refractivity contribution in [2.45, 2.75) is 6.43 Å². The molecule has 1 aromatic carbocycles. The van der Waals surface area contributed by atoms with E-state index in [0.29, 0.717) is 0 Å². The van der Waals surface area contributed by atoms with E-state index in [1.807, 2.05) is 0 Å². The average molecular weight is 242 g/mol. The predicted octanol–water partition coefficient (Wildman–Crippen LogP) is 0.307. The molecule has 1 rings (SSSR count). The van der Waals surface area contributed by atoms with Crippen molar-refractivity contribution in [2.24, 2.45) is 5.73 Å². The van der Waals surface area contributed by atoms with E-state index >= 15 is 0 Å². The molecular formula is C10H8F2N2O3. The minimum atomic E-state index is -3.26. The number of hydrogen-bond donors (Lipinski definition) is 2. The zero-order valence-corrected chi connectivity index (χ0v) is 8.44. The Hall–Kier alpha value is -2.31. The Bertz CT molecular complexity index is 457. The van der Waals surface area contributed by atoms with E-state index in [2.05, 4.69) is 0 Å². The summed E-state index contributed by atoms with van der Waals surface area (Å²) in [4.78, 5) is 32.5. The molecule has 0 unspecified atom stereocenters. The SMILES string of the molecule is NC(=O)c1ccc(C(=O)NC(=O)C(F)F)cc1. The van der Waals surface area contributed by atoms with Crippen LogP contribution in [0.4, 0.5) is 8.78 Å². The molecule has 0 saturated heterocycles. The molecule has 17 heavy (non-hydrogen) atoms. The Kier molecular flexibility index (Phi) is 3.86. The largest absolute Gasteiger partial charge is 0.366 e. The Balaban J connectivity index is 2.77. The maximum Gasteiger partial charge on any atom is 0.315 e. The maximum atomic E-state index is 11.8. The number of amides is 3. The van der Waals surface area contributed by atoms with Gasteiger partial charge in [0.2, 0.25) is 5.91 Å². The lowest BCUT2D eigenvalue weighted by molar-refractivity contribution is -0.130. The fourth-order valence-corrected chi connectivity index (χ4v) is 1.02. The summed E-state index contributed by atoms with van der Waals surface area (Å²) >= 11 is 0. The minimum absolute atomic E-state index is 0.0241. The van der Waals surface area contributed by atoms with Crippen LogP contribution in [-0.4, -0.2) is 24.1 Å². The third-order valence-corrected chi connectivity index (χ3v) is 1.87. The first kappa shape index (κ1) is 12.8. The monoisotopic (exact) mass is 242 g/mol. The van der Waals surface area contributed by atoms with Gasteiger partial charge < -0.3 is 5.73 Å². The Morgan fingerprint density at radius 1 is 1.06 bits per heavy atom. The van der Waals surface area contributed by atoms with Crippen LogP contribution in [-0.2, 0) is 4.79 Å². The minimum Gasteiger partial charge on any atom is -0.366 e. The molecule has 1 aromatic rings. The molecule has 0 bridgehead atoms. The summed E-state index contributed by atoms with van der Waals surface area (Å²) in [5.41, 5.74) is 5.11. The van der Waals surface area contributed by atoms with E-state index in [0.717, 1.165) is 0 Å². The molecule has 3 amide bonds. The van der Waals surface area contributed by atoms with E-state index in [-0.39, 0.29) is 11.1 Å². The summed E-state index contributed by atoms with van der Waals surface area (Å²) in [6, 6.07) is 4.91. The van der Waals surface area contributed by atoms with Crippen molar-refractivity contribution >= 4 is 17.7 Å². The van der Waals surface area contributed by atoms with Crippen LogP contribution >= 0.6 is 0 Å². The maximum absolute atomic E-state index is 11.8. The van der Waals surface area contributed by atoms with Crippen molar-refractivity contribution in [1.29, 1.82) is 0 Å². The first-order valence-corrected chi connectivity index (χ1v) is 4.45. The molecule has 0 radical (unpaired) electrons. The molecule has 90 valence electrons. The molecule has 3 N–H and O–H groups in total. The highest BCUT2D eigenvalue weighted by Crippen LogP contribution is 2.04.